The molecular formula is C52H42CaCl2N6O12S2. The van der Waals surface area contributed by atoms with E-state index in [1.54, 1.807) is 117 Å². The molecule has 0 saturated carbocycles. The van der Waals surface area contributed by atoms with E-state index in [-0.39, 0.29) is 87.4 Å². The Morgan fingerprint density at radius 1 is 0.600 bits per heavy atom. The van der Waals surface area contributed by atoms with Crippen molar-refractivity contribution in [1.29, 1.82) is 0 Å². The fourth-order valence-corrected chi connectivity index (χ4v) is 9.51. The van der Waals surface area contributed by atoms with Crippen LogP contribution in [0.25, 0.3) is 21.5 Å². The number of anilines is 2. The van der Waals surface area contributed by atoms with E-state index in [1.165, 1.54) is 38.5 Å². The molecule has 8 aromatic carbocycles. The molecule has 0 atom stereocenters. The number of amides is 2. The van der Waals surface area contributed by atoms with Crippen molar-refractivity contribution < 1.29 is 55.2 Å². The second-order valence-corrected chi connectivity index (χ2v) is 19.4. The number of nitrogens with zero attached hydrogens (tertiary/aromatic N) is 4. The van der Waals surface area contributed by atoms with Gasteiger partial charge in [-0.1, -0.05) is 91.3 Å². The second-order valence-electron chi connectivity index (χ2n) is 15.9. The maximum Gasteiger partial charge on any atom is 2.00 e. The van der Waals surface area contributed by atoms with Crippen molar-refractivity contribution in [3.63, 3.8) is 0 Å². The zero-order chi connectivity index (χ0) is 53.5. The van der Waals surface area contributed by atoms with Crippen LogP contribution in [0, 0.1) is 0 Å². The average molecular weight is 1120 g/mol. The molecule has 4 N–H and O–H groups in total. The number of carbonyl (C=O) groups excluding carboxylic acids is 2. The Labute approximate surface area is 470 Å². The molecule has 75 heavy (non-hydrogen) atoms. The van der Waals surface area contributed by atoms with Crippen molar-refractivity contribution in [2.75, 3.05) is 24.9 Å². The number of ether oxygens (including phenoxy) is 2. The normalized spacial score (nSPS) is 11.5. The van der Waals surface area contributed by atoms with Crippen molar-refractivity contribution in [2.45, 2.75) is 36.5 Å². The van der Waals surface area contributed by atoms with Crippen LogP contribution in [0.2, 0.25) is 10.0 Å². The molecule has 18 nitrogen and oxygen atoms in total. The van der Waals surface area contributed by atoms with E-state index >= 15 is 0 Å². The van der Waals surface area contributed by atoms with Gasteiger partial charge < -0.3 is 34.9 Å². The zero-order valence-electron chi connectivity index (χ0n) is 40.2. The van der Waals surface area contributed by atoms with Crippen LogP contribution in [0.15, 0.2) is 164 Å². The van der Waals surface area contributed by atoms with Crippen molar-refractivity contribution in [3.05, 3.63) is 166 Å². The standard InChI is InChI=1S/2C26H22ClN3O6S.Ca/c2*1-3-15-13-23(37(33,34)35)21(27)14-22(15)29-30-24-19-7-5-4-6-16(19)12-20(25(24)31)26(32)28-17-8-10-18(36-2)11-9-17;/h2*4-14,31H,3H2,1-2H3,(H,28,32)(H,33,34,35);/q;;+2/p-2. The summed E-state index contributed by atoms with van der Waals surface area (Å²) in [6.45, 7) is 3.51. The first-order chi connectivity index (χ1) is 35.2. The fraction of sp³-hybridized carbons (Fsp3) is 0.115. The molecule has 0 heterocycles. The van der Waals surface area contributed by atoms with E-state index in [2.05, 4.69) is 31.1 Å². The number of halogens is 2. The van der Waals surface area contributed by atoms with E-state index in [0.29, 0.717) is 68.4 Å². The predicted molar refractivity (Wildman–Crippen MR) is 284 cm³/mol. The summed E-state index contributed by atoms with van der Waals surface area (Å²) in [5.74, 6) is -0.961. The number of methoxy groups -OCH3 is 2. The average Bonchev–Trinajstić information content (AvgIpc) is 3.37. The van der Waals surface area contributed by atoms with E-state index < -0.39 is 47.6 Å². The number of rotatable bonds is 14. The summed E-state index contributed by atoms with van der Waals surface area (Å²) in [7, 11) is -6.25. The Balaban J connectivity index is 0.000000241. The Bertz CT molecular complexity index is 3530. The van der Waals surface area contributed by atoms with Crippen LogP contribution in [0.4, 0.5) is 34.1 Å². The first kappa shape index (κ1) is 57.6. The number of aromatic hydroxyl groups is 1. The summed E-state index contributed by atoms with van der Waals surface area (Å²) in [6.07, 6.45) is 0.689. The number of aryl methyl sites for hydroxylation is 2. The van der Waals surface area contributed by atoms with Crippen molar-refractivity contribution >= 4 is 149 Å². The smallest absolute Gasteiger partial charge is 0.870 e. The van der Waals surface area contributed by atoms with Gasteiger partial charge in [0.15, 0.2) is 5.75 Å². The van der Waals surface area contributed by atoms with Crippen LogP contribution in [0.5, 0.6) is 23.0 Å². The van der Waals surface area contributed by atoms with E-state index in [0.717, 1.165) is 6.07 Å². The number of benzene rings is 8. The quantitative estimate of drug-likeness (QED) is 0.0449. The molecule has 0 fully saturated rings. The van der Waals surface area contributed by atoms with E-state index in [4.69, 9.17) is 32.7 Å². The molecule has 0 aromatic heterocycles. The molecule has 0 radical (unpaired) electrons. The molecule has 0 bridgehead atoms. The molecule has 23 heteroatoms. The Hall–Kier alpha value is -6.72. The summed E-state index contributed by atoms with van der Waals surface area (Å²) in [5.41, 5.74) is 2.09. The molecule has 0 saturated heterocycles. The van der Waals surface area contributed by atoms with Crippen molar-refractivity contribution in [1.82, 2.24) is 0 Å². The SMILES string of the molecule is CCc1cc(S(=O)(=O)O)c(Cl)cc1N=Nc1c(O)c(C(=O)Nc2ccc(OC)cc2)cc2ccccc12.CCc1cc(S(=O)(=O)[O-])c(Cl)cc1N=Nc1c([O-])c(C(=O)Nc2ccc(OC)cc2)cc2ccccc12.[Ca+2]. The van der Waals surface area contributed by atoms with Crippen LogP contribution in [0.3, 0.4) is 0 Å². The van der Waals surface area contributed by atoms with Gasteiger partial charge in [0.25, 0.3) is 21.9 Å². The van der Waals surface area contributed by atoms with Gasteiger partial charge in [-0.3, -0.25) is 14.1 Å². The third-order valence-corrected chi connectivity index (χ3v) is 13.9. The Kier molecular flexibility index (Phi) is 19.0. The topological polar surface area (TPSA) is 281 Å². The minimum absolute atomic E-state index is 0. The van der Waals surface area contributed by atoms with Gasteiger partial charge in [0.1, 0.15) is 32.2 Å². The molecule has 0 aliphatic rings. The van der Waals surface area contributed by atoms with Crippen LogP contribution >= 0.6 is 23.2 Å². The van der Waals surface area contributed by atoms with Crippen LogP contribution in [-0.2, 0) is 33.1 Å². The second kappa shape index (κ2) is 24.7. The fourth-order valence-electron chi connectivity index (χ4n) is 7.43. The maximum absolute atomic E-state index is 13.4. The summed E-state index contributed by atoms with van der Waals surface area (Å²) in [5, 5.41) is 48.3. The van der Waals surface area contributed by atoms with Gasteiger partial charge in [-0.2, -0.15) is 23.8 Å². The summed E-state index contributed by atoms with van der Waals surface area (Å²) >= 11 is 12.1. The third-order valence-electron chi connectivity index (χ3n) is 11.2. The number of carbonyl (C=O) groups is 2. The molecule has 0 unspecified atom stereocenters. The Morgan fingerprint density at radius 2 is 1.01 bits per heavy atom. The van der Waals surface area contributed by atoms with Gasteiger partial charge >= 0.3 is 37.7 Å². The first-order valence-corrected chi connectivity index (χ1v) is 25.6. The summed E-state index contributed by atoms with van der Waals surface area (Å²) < 4.78 is 77.3. The van der Waals surface area contributed by atoms with E-state index in [1.807, 2.05) is 0 Å². The molecule has 0 aliphatic heterocycles. The number of nitrogens with one attached hydrogen (secondary N) is 2. The van der Waals surface area contributed by atoms with Crippen molar-refractivity contribution in [2.24, 2.45) is 20.5 Å². The maximum atomic E-state index is 13.4. The predicted octanol–water partition coefficient (Wildman–Crippen LogP) is 12.0. The molecular weight excluding hydrogens is 1080 g/mol. The number of hydrogen-bond donors (Lipinski definition) is 4. The first-order valence-electron chi connectivity index (χ1n) is 22.0. The number of hydrogen-bond acceptors (Lipinski definition) is 15. The van der Waals surface area contributed by atoms with Crippen LogP contribution < -0.4 is 25.2 Å². The molecule has 8 rings (SSSR count). The Morgan fingerprint density at radius 3 is 1.47 bits per heavy atom. The minimum Gasteiger partial charge on any atom is -0.870 e. The van der Waals surface area contributed by atoms with Gasteiger partial charge in [0, 0.05) is 27.7 Å². The van der Waals surface area contributed by atoms with Gasteiger partial charge in [-0.25, -0.2) is 8.42 Å². The summed E-state index contributed by atoms with van der Waals surface area (Å²) in [6, 6.07) is 35.2. The van der Waals surface area contributed by atoms with Crippen LogP contribution in [0.1, 0.15) is 45.7 Å². The number of phenols is 1. The van der Waals surface area contributed by atoms with E-state index in [9.17, 15) is 45.7 Å². The molecule has 2 amide bonds. The zero-order valence-corrected chi connectivity index (χ0v) is 45.5. The third kappa shape index (κ3) is 13.6. The molecule has 0 aliphatic carbocycles. The van der Waals surface area contributed by atoms with Gasteiger partial charge in [-0.05, 0) is 120 Å². The number of fused-ring (bicyclic) bond motifs is 2. The van der Waals surface area contributed by atoms with Gasteiger partial charge in [0.05, 0.1) is 51.8 Å². The monoisotopic (exact) mass is 1120 g/mol. The number of phenolic OH excluding ortho intramolecular Hbond substituents is 1. The largest absolute Gasteiger partial charge is 2.00 e. The van der Waals surface area contributed by atoms with Gasteiger partial charge in [0.2, 0.25) is 0 Å². The molecule has 380 valence electrons. The minimum atomic E-state index is -4.79. The summed E-state index contributed by atoms with van der Waals surface area (Å²) in [4.78, 5) is 25.1. The molecule has 8 aromatic rings. The van der Waals surface area contributed by atoms with Gasteiger partial charge in [-0.15, -0.1) is 5.11 Å². The number of azo groups is 2. The van der Waals surface area contributed by atoms with Crippen molar-refractivity contribution in [3.8, 4) is 23.0 Å². The van der Waals surface area contributed by atoms with Crippen LogP contribution in [-0.4, -0.2) is 94.8 Å². The molecule has 0 spiro atoms.